The van der Waals surface area contributed by atoms with E-state index in [0.29, 0.717) is 0 Å². The molecule has 1 fully saturated rings. The second kappa shape index (κ2) is 7.18. The molecule has 0 unspecified atom stereocenters. The SMILES string of the molecule is Cc1cc(C)cc(C(=O)N2CCN(CCn3ccnc3C)CC2)c1. The first kappa shape index (κ1) is 16.7. The largest absolute Gasteiger partial charge is 0.336 e. The number of nitrogens with zero attached hydrogens (tertiary/aromatic N) is 4. The Hall–Kier alpha value is -2.14. The van der Waals surface area contributed by atoms with Crippen molar-refractivity contribution in [3.05, 3.63) is 53.1 Å². The van der Waals surface area contributed by atoms with Crippen molar-refractivity contribution in [3.8, 4) is 0 Å². The Balaban J connectivity index is 1.53. The first-order valence-corrected chi connectivity index (χ1v) is 8.60. The maximum atomic E-state index is 12.7. The number of aromatic nitrogens is 2. The van der Waals surface area contributed by atoms with Gasteiger partial charge < -0.3 is 9.47 Å². The van der Waals surface area contributed by atoms with Gasteiger partial charge in [-0.25, -0.2) is 4.98 Å². The number of hydrogen-bond donors (Lipinski definition) is 0. The molecule has 128 valence electrons. The standard InChI is InChI=1S/C19H26N4O/c1-15-12-16(2)14-18(13-15)19(24)23-10-7-21(8-11-23)6-9-22-5-4-20-17(22)3/h4-5,12-14H,6-11H2,1-3H3. The second-order valence-electron chi connectivity index (χ2n) is 6.68. The molecule has 1 aromatic carbocycles. The van der Waals surface area contributed by atoms with Gasteiger partial charge in [-0.2, -0.15) is 0 Å². The molecule has 2 heterocycles. The molecule has 0 aliphatic carbocycles. The van der Waals surface area contributed by atoms with E-state index in [1.54, 1.807) is 0 Å². The average Bonchev–Trinajstić information content (AvgIpc) is 2.97. The van der Waals surface area contributed by atoms with Gasteiger partial charge >= 0.3 is 0 Å². The van der Waals surface area contributed by atoms with E-state index < -0.39 is 0 Å². The van der Waals surface area contributed by atoms with Crippen molar-refractivity contribution < 1.29 is 4.79 Å². The normalized spacial score (nSPS) is 15.7. The topological polar surface area (TPSA) is 41.4 Å². The zero-order valence-corrected chi connectivity index (χ0v) is 14.8. The number of amides is 1. The molecule has 1 aliphatic rings. The number of rotatable bonds is 4. The summed E-state index contributed by atoms with van der Waals surface area (Å²) >= 11 is 0. The van der Waals surface area contributed by atoms with Crippen LogP contribution in [0.5, 0.6) is 0 Å². The summed E-state index contributed by atoms with van der Waals surface area (Å²) in [5.41, 5.74) is 3.11. The van der Waals surface area contributed by atoms with E-state index in [4.69, 9.17) is 0 Å². The third-order valence-electron chi connectivity index (χ3n) is 4.71. The molecule has 0 N–H and O–H groups in total. The molecule has 1 aromatic heterocycles. The molecule has 5 heteroatoms. The fourth-order valence-electron chi connectivity index (χ4n) is 3.34. The Morgan fingerprint density at radius 3 is 2.25 bits per heavy atom. The Kier molecular flexibility index (Phi) is 5.00. The molecule has 24 heavy (non-hydrogen) atoms. The highest BCUT2D eigenvalue weighted by molar-refractivity contribution is 5.94. The Morgan fingerprint density at radius 1 is 1.00 bits per heavy atom. The van der Waals surface area contributed by atoms with Gasteiger partial charge in [0.15, 0.2) is 0 Å². The van der Waals surface area contributed by atoms with Crippen LogP contribution in [0.3, 0.4) is 0 Å². The number of benzene rings is 1. The molecule has 5 nitrogen and oxygen atoms in total. The van der Waals surface area contributed by atoms with Gasteiger partial charge in [0.25, 0.3) is 5.91 Å². The Labute approximate surface area is 143 Å². The van der Waals surface area contributed by atoms with E-state index in [9.17, 15) is 4.79 Å². The van der Waals surface area contributed by atoms with Crippen molar-refractivity contribution in [1.29, 1.82) is 0 Å². The summed E-state index contributed by atoms with van der Waals surface area (Å²) in [6.07, 6.45) is 3.87. The van der Waals surface area contributed by atoms with Crippen LogP contribution < -0.4 is 0 Å². The summed E-state index contributed by atoms with van der Waals surface area (Å²) < 4.78 is 2.17. The minimum absolute atomic E-state index is 0.159. The molecule has 1 saturated heterocycles. The monoisotopic (exact) mass is 326 g/mol. The van der Waals surface area contributed by atoms with Crippen LogP contribution >= 0.6 is 0 Å². The highest BCUT2D eigenvalue weighted by atomic mass is 16.2. The first-order valence-electron chi connectivity index (χ1n) is 8.60. The van der Waals surface area contributed by atoms with Gasteiger partial charge in [0, 0.05) is 57.2 Å². The van der Waals surface area contributed by atoms with Crippen molar-refractivity contribution in [3.63, 3.8) is 0 Å². The molecule has 0 atom stereocenters. The molecular weight excluding hydrogens is 300 g/mol. The van der Waals surface area contributed by atoms with Crippen molar-refractivity contribution >= 4 is 5.91 Å². The van der Waals surface area contributed by atoms with Gasteiger partial charge in [-0.3, -0.25) is 9.69 Å². The predicted molar refractivity (Wildman–Crippen MR) is 95.2 cm³/mol. The van der Waals surface area contributed by atoms with Crippen LogP contribution in [0.15, 0.2) is 30.6 Å². The average molecular weight is 326 g/mol. The highest BCUT2D eigenvalue weighted by Crippen LogP contribution is 2.13. The van der Waals surface area contributed by atoms with Crippen molar-refractivity contribution in [2.24, 2.45) is 0 Å². The molecule has 1 aliphatic heterocycles. The molecular formula is C19H26N4O. The quantitative estimate of drug-likeness (QED) is 0.865. The number of carbonyl (C=O) groups excluding carboxylic acids is 1. The summed E-state index contributed by atoms with van der Waals surface area (Å²) in [4.78, 5) is 21.4. The zero-order chi connectivity index (χ0) is 17.1. The molecule has 0 saturated carbocycles. The van der Waals surface area contributed by atoms with Crippen LogP contribution in [0.1, 0.15) is 27.3 Å². The fourth-order valence-corrected chi connectivity index (χ4v) is 3.34. The Bertz CT molecular complexity index is 694. The minimum atomic E-state index is 0.159. The minimum Gasteiger partial charge on any atom is -0.336 e. The number of imidazole rings is 1. The van der Waals surface area contributed by atoms with Crippen LogP contribution in [0, 0.1) is 20.8 Å². The van der Waals surface area contributed by atoms with E-state index in [-0.39, 0.29) is 5.91 Å². The summed E-state index contributed by atoms with van der Waals surface area (Å²) in [5.74, 6) is 1.21. The van der Waals surface area contributed by atoms with Gasteiger partial charge in [-0.15, -0.1) is 0 Å². The third-order valence-corrected chi connectivity index (χ3v) is 4.71. The lowest BCUT2D eigenvalue weighted by atomic mass is 10.1. The highest BCUT2D eigenvalue weighted by Gasteiger charge is 2.22. The molecule has 0 radical (unpaired) electrons. The number of piperazine rings is 1. The van der Waals surface area contributed by atoms with E-state index in [1.165, 1.54) is 0 Å². The molecule has 0 spiro atoms. The first-order chi connectivity index (χ1) is 11.5. The number of carbonyl (C=O) groups is 1. The summed E-state index contributed by atoms with van der Waals surface area (Å²) in [6, 6.07) is 6.08. The van der Waals surface area contributed by atoms with E-state index in [1.807, 2.05) is 50.2 Å². The van der Waals surface area contributed by atoms with E-state index >= 15 is 0 Å². The maximum absolute atomic E-state index is 12.7. The molecule has 2 aromatic rings. The summed E-state index contributed by atoms with van der Waals surface area (Å²) in [5, 5.41) is 0. The van der Waals surface area contributed by atoms with Crippen molar-refractivity contribution in [1.82, 2.24) is 19.4 Å². The van der Waals surface area contributed by atoms with E-state index in [2.05, 4.69) is 20.5 Å². The predicted octanol–water partition coefficient (Wildman–Crippen LogP) is 2.27. The van der Waals surface area contributed by atoms with Crippen molar-refractivity contribution in [2.45, 2.75) is 27.3 Å². The van der Waals surface area contributed by atoms with Gasteiger partial charge in [0.05, 0.1) is 0 Å². The van der Waals surface area contributed by atoms with Crippen LogP contribution in [0.25, 0.3) is 0 Å². The second-order valence-corrected chi connectivity index (χ2v) is 6.68. The Morgan fingerprint density at radius 2 is 1.67 bits per heavy atom. The zero-order valence-electron chi connectivity index (χ0n) is 14.8. The fraction of sp³-hybridized carbons (Fsp3) is 0.474. The lowest BCUT2D eigenvalue weighted by molar-refractivity contribution is 0.0633. The van der Waals surface area contributed by atoms with Crippen LogP contribution in [0.4, 0.5) is 0 Å². The van der Waals surface area contributed by atoms with E-state index in [0.717, 1.165) is 61.8 Å². The maximum Gasteiger partial charge on any atom is 0.253 e. The van der Waals surface area contributed by atoms with Crippen LogP contribution in [-0.2, 0) is 6.54 Å². The summed E-state index contributed by atoms with van der Waals surface area (Å²) in [7, 11) is 0. The van der Waals surface area contributed by atoms with Gasteiger partial charge in [-0.1, -0.05) is 17.2 Å². The molecule has 0 bridgehead atoms. The van der Waals surface area contributed by atoms with Gasteiger partial charge in [0.1, 0.15) is 5.82 Å². The van der Waals surface area contributed by atoms with Crippen molar-refractivity contribution in [2.75, 3.05) is 32.7 Å². The third kappa shape index (κ3) is 3.85. The van der Waals surface area contributed by atoms with Gasteiger partial charge in [-0.05, 0) is 32.9 Å². The summed E-state index contributed by atoms with van der Waals surface area (Å²) in [6.45, 7) is 11.5. The lowest BCUT2D eigenvalue weighted by Gasteiger charge is -2.35. The smallest absolute Gasteiger partial charge is 0.253 e. The lowest BCUT2D eigenvalue weighted by Crippen LogP contribution is -2.49. The molecule has 3 rings (SSSR count). The van der Waals surface area contributed by atoms with Crippen LogP contribution in [-0.4, -0.2) is 58.0 Å². The molecule has 1 amide bonds. The van der Waals surface area contributed by atoms with Crippen LogP contribution in [0.2, 0.25) is 0 Å². The van der Waals surface area contributed by atoms with Gasteiger partial charge in [0.2, 0.25) is 0 Å². The number of hydrogen-bond acceptors (Lipinski definition) is 3. The number of aryl methyl sites for hydroxylation is 3.